The minimum absolute atomic E-state index is 0.0766. The monoisotopic (exact) mass is 341 g/mol. The van der Waals surface area contributed by atoms with E-state index in [1.807, 2.05) is 47.2 Å². The molecule has 0 fully saturated rings. The molecule has 3 aromatic rings. The number of hydrogen-bond donors (Lipinski definition) is 1. The largest absolute Gasteiger partial charge is 0.351 e. The molecule has 2 aromatic heterocycles. The summed E-state index contributed by atoms with van der Waals surface area (Å²) in [6.45, 7) is 3.94. The van der Waals surface area contributed by atoms with Crippen LogP contribution in [-0.2, 0) is 11.2 Å². The van der Waals surface area contributed by atoms with Gasteiger partial charge < -0.3 is 9.88 Å². The number of ketones is 1. The topological polar surface area (TPSA) is 64.0 Å². The second-order valence-electron chi connectivity index (χ2n) is 5.66. The maximum atomic E-state index is 12.0. The number of benzene rings is 1. The van der Waals surface area contributed by atoms with Gasteiger partial charge in [-0.1, -0.05) is 18.2 Å². The smallest absolute Gasteiger partial charge is 0.261 e. The molecule has 0 bridgehead atoms. The molecule has 1 atom stereocenters. The third kappa shape index (κ3) is 3.23. The molecule has 0 saturated heterocycles. The van der Waals surface area contributed by atoms with Crippen molar-refractivity contribution in [3.8, 4) is 0 Å². The molecule has 1 aromatic carbocycles. The summed E-state index contributed by atoms with van der Waals surface area (Å²) in [6, 6.07) is 11.2. The van der Waals surface area contributed by atoms with Gasteiger partial charge in [-0.05, 0) is 37.4 Å². The Kier molecular flexibility index (Phi) is 4.76. The van der Waals surface area contributed by atoms with Gasteiger partial charge in [0.15, 0.2) is 5.78 Å². The van der Waals surface area contributed by atoms with Crippen LogP contribution in [0, 0.1) is 0 Å². The number of nitrogens with one attached hydrogen (secondary N) is 1. The van der Waals surface area contributed by atoms with Gasteiger partial charge in [0.2, 0.25) is 0 Å². The number of aromatic nitrogens is 2. The number of carbonyl (C=O) groups excluding carboxylic acids is 2. The minimum atomic E-state index is -0.277. The SMILES string of the molecule is CC(=O)C(C)n1c(CCNC(=O)c2cccs2)nc2ccccc21. The van der Waals surface area contributed by atoms with Crippen molar-refractivity contribution in [2.24, 2.45) is 0 Å². The Morgan fingerprint density at radius 1 is 1.25 bits per heavy atom. The molecule has 6 heteroatoms. The third-order valence-electron chi connectivity index (χ3n) is 4.02. The van der Waals surface area contributed by atoms with Gasteiger partial charge >= 0.3 is 0 Å². The number of thiophene rings is 1. The van der Waals surface area contributed by atoms with E-state index in [9.17, 15) is 9.59 Å². The van der Waals surface area contributed by atoms with Gasteiger partial charge in [0.05, 0.1) is 22.0 Å². The van der Waals surface area contributed by atoms with Crippen LogP contribution >= 0.6 is 11.3 Å². The van der Waals surface area contributed by atoms with Gasteiger partial charge in [0.1, 0.15) is 5.82 Å². The summed E-state index contributed by atoms with van der Waals surface area (Å²) in [7, 11) is 0. The molecule has 0 radical (unpaired) electrons. The molecule has 1 unspecified atom stereocenters. The van der Waals surface area contributed by atoms with Crippen molar-refractivity contribution in [1.29, 1.82) is 0 Å². The molecule has 0 aliphatic rings. The number of amides is 1. The van der Waals surface area contributed by atoms with Crippen molar-refractivity contribution in [2.75, 3.05) is 6.54 Å². The van der Waals surface area contributed by atoms with E-state index in [0.717, 1.165) is 16.9 Å². The maximum Gasteiger partial charge on any atom is 0.261 e. The summed E-state index contributed by atoms with van der Waals surface area (Å²) in [5.74, 6) is 0.819. The number of rotatable bonds is 6. The molecule has 2 heterocycles. The third-order valence-corrected chi connectivity index (χ3v) is 4.89. The van der Waals surface area contributed by atoms with Gasteiger partial charge in [-0.15, -0.1) is 11.3 Å². The van der Waals surface area contributed by atoms with Crippen LogP contribution in [0.3, 0.4) is 0 Å². The Labute approximate surface area is 144 Å². The Morgan fingerprint density at radius 2 is 2.04 bits per heavy atom. The lowest BCUT2D eigenvalue weighted by Gasteiger charge is -2.15. The normalized spacial score (nSPS) is 12.2. The highest BCUT2D eigenvalue weighted by Gasteiger charge is 2.18. The number of fused-ring (bicyclic) bond motifs is 1. The molecule has 0 saturated carbocycles. The van der Waals surface area contributed by atoms with Crippen LogP contribution in [0.2, 0.25) is 0 Å². The first-order valence-electron chi connectivity index (χ1n) is 7.86. The maximum absolute atomic E-state index is 12.0. The molecule has 124 valence electrons. The molecule has 24 heavy (non-hydrogen) atoms. The summed E-state index contributed by atoms with van der Waals surface area (Å²) < 4.78 is 1.97. The lowest BCUT2D eigenvalue weighted by Crippen LogP contribution is -2.26. The number of Topliss-reactive ketones (excluding diaryl/α,β-unsaturated/α-hetero) is 1. The van der Waals surface area contributed by atoms with Crippen molar-refractivity contribution >= 4 is 34.1 Å². The molecule has 1 amide bonds. The lowest BCUT2D eigenvalue weighted by molar-refractivity contribution is -0.119. The zero-order valence-electron chi connectivity index (χ0n) is 13.7. The number of nitrogens with zero attached hydrogens (tertiary/aromatic N) is 2. The zero-order valence-corrected chi connectivity index (χ0v) is 14.5. The van der Waals surface area contributed by atoms with E-state index in [1.54, 1.807) is 13.0 Å². The second kappa shape index (κ2) is 6.97. The van der Waals surface area contributed by atoms with Crippen molar-refractivity contribution in [2.45, 2.75) is 26.3 Å². The quantitative estimate of drug-likeness (QED) is 0.749. The number of imidazole rings is 1. The fraction of sp³-hybridized carbons (Fsp3) is 0.278. The molecule has 5 nitrogen and oxygen atoms in total. The second-order valence-corrected chi connectivity index (χ2v) is 6.60. The van der Waals surface area contributed by atoms with Gasteiger partial charge in [0, 0.05) is 13.0 Å². The highest BCUT2D eigenvalue weighted by Crippen LogP contribution is 2.22. The summed E-state index contributed by atoms with van der Waals surface area (Å²) in [4.78, 5) is 29.2. The summed E-state index contributed by atoms with van der Waals surface area (Å²) in [5, 5.41) is 4.78. The van der Waals surface area contributed by atoms with Crippen LogP contribution in [0.15, 0.2) is 41.8 Å². The van der Waals surface area contributed by atoms with E-state index in [4.69, 9.17) is 0 Å². The summed E-state index contributed by atoms with van der Waals surface area (Å²) in [5.41, 5.74) is 1.81. The van der Waals surface area contributed by atoms with Crippen LogP contribution in [0.25, 0.3) is 11.0 Å². The van der Waals surface area contributed by atoms with E-state index < -0.39 is 0 Å². The summed E-state index contributed by atoms with van der Waals surface area (Å²) in [6.07, 6.45) is 0.573. The van der Waals surface area contributed by atoms with E-state index in [2.05, 4.69) is 10.3 Å². The fourth-order valence-electron chi connectivity index (χ4n) is 2.67. The van der Waals surface area contributed by atoms with Crippen LogP contribution < -0.4 is 5.32 Å². The number of hydrogen-bond acceptors (Lipinski definition) is 4. The van der Waals surface area contributed by atoms with E-state index in [0.29, 0.717) is 17.8 Å². The molecule has 3 rings (SSSR count). The highest BCUT2D eigenvalue weighted by molar-refractivity contribution is 7.12. The average Bonchev–Trinajstić information content (AvgIpc) is 3.21. The van der Waals surface area contributed by atoms with E-state index in [-0.39, 0.29) is 17.7 Å². The van der Waals surface area contributed by atoms with Crippen molar-refractivity contribution in [1.82, 2.24) is 14.9 Å². The lowest BCUT2D eigenvalue weighted by atomic mass is 10.2. The number of para-hydroxylation sites is 2. The predicted octanol–water partition coefficient (Wildman–Crippen LogP) is 3.22. The zero-order chi connectivity index (χ0) is 17.1. The van der Waals surface area contributed by atoms with Crippen molar-refractivity contribution < 1.29 is 9.59 Å². The molecule has 1 N–H and O–H groups in total. The first-order chi connectivity index (χ1) is 11.6. The van der Waals surface area contributed by atoms with Crippen LogP contribution in [-0.4, -0.2) is 27.8 Å². The standard InChI is InChI=1S/C18H19N3O2S/c1-12(13(2)22)21-15-7-4-3-6-14(15)20-17(21)9-10-19-18(23)16-8-5-11-24-16/h3-8,11-12H,9-10H2,1-2H3,(H,19,23). The van der Waals surface area contributed by atoms with Gasteiger partial charge in [-0.3, -0.25) is 9.59 Å². The Morgan fingerprint density at radius 3 is 2.75 bits per heavy atom. The highest BCUT2D eigenvalue weighted by atomic mass is 32.1. The average molecular weight is 341 g/mol. The molecular weight excluding hydrogens is 322 g/mol. The molecule has 0 aliphatic heterocycles. The minimum Gasteiger partial charge on any atom is -0.351 e. The predicted molar refractivity (Wildman–Crippen MR) is 95.5 cm³/mol. The van der Waals surface area contributed by atoms with Gasteiger partial charge in [0.25, 0.3) is 5.91 Å². The number of carbonyl (C=O) groups is 2. The molecule has 0 aliphatic carbocycles. The van der Waals surface area contributed by atoms with Crippen LogP contribution in [0.4, 0.5) is 0 Å². The van der Waals surface area contributed by atoms with E-state index in [1.165, 1.54) is 11.3 Å². The van der Waals surface area contributed by atoms with Crippen LogP contribution in [0.5, 0.6) is 0 Å². The Bertz CT molecular complexity index is 868. The van der Waals surface area contributed by atoms with Crippen LogP contribution in [0.1, 0.15) is 35.4 Å². The first-order valence-corrected chi connectivity index (χ1v) is 8.74. The van der Waals surface area contributed by atoms with Crippen molar-refractivity contribution in [3.05, 3.63) is 52.5 Å². The van der Waals surface area contributed by atoms with Crippen molar-refractivity contribution in [3.63, 3.8) is 0 Å². The summed E-state index contributed by atoms with van der Waals surface area (Å²) >= 11 is 1.42. The van der Waals surface area contributed by atoms with Gasteiger partial charge in [-0.2, -0.15) is 0 Å². The van der Waals surface area contributed by atoms with E-state index >= 15 is 0 Å². The Balaban J connectivity index is 1.79. The molecular formula is C18H19N3O2S. The fourth-order valence-corrected chi connectivity index (χ4v) is 3.31. The first kappa shape index (κ1) is 16.4. The Hall–Kier alpha value is -2.47. The molecule has 0 spiro atoms. The van der Waals surface area contributed by atoms with Gasteiger partial charge in [-0.25, -0.2) is 4.98 Å².